The van der Waals surface area contributed by atoms with Crippen molar-refractivity contribution in [1.29, 1.82) is 0 Å². The number of rotatable bonds is 3. The zero-order valence-corrected chi connectivity index (χ0v) is 19.8. The van der Waals surface area contributed by atoms with E-state index < -0.39 is 33.5 Å². The molecule has 1 spiro atoms. The summed E-state index contributed by atoms with van der Waals surface area (Å²) in [5.41, 5.74) is 3.39. The van der Waals surface area contributed by atoms with Crippen LogP contribution in [0, 0.1) is 5.41 Å². The lowest BCUT2D eigenvalue weighted by molar-refractivity contribution is -0.143. The predicted octanol–water partition coefficient (Wildman–Crippen LogP) is 4.65. The maximum Gasteiger partial charge on any atom is 0.434 e. The van der Waals surface area contributed by atoms with Crippen LogP contribution in [0.4, 0.5) is 32.3 Å². The van der Waals surface area contributed by atoms with Gasteiger partial charge in [0.1, 0.15) is 0 Å². The molecule has 0 radical (unpaired) electrons. The number of anilines is 1. The molecule has 2 atom stereocenters. The van der Waals surface area contributed by atoms with E-state index in [1.165, 1.54) is 22.9 Å². The van der Waals surface area contributed by atoms with Crippen LogP contribution in [0.15, 0.2) is 40.5 Å². The van der Waals surface area contributed by atoms with Crippen LogP contribution in [-0.2, 0) is 17.1 Å². The van der Waals surface area contributed by atoms with Gasteiger partial charge in [-0.3, -0.25) is 9.38 Å². The zero-order valence-electron chi connectivity index (χ0n) is 19.0. The molecule has 2 N–H and O–H groups in total. The molecule has 0 bridgehead atoms. The molecule has 3 aromatic heterocycles. The van der Waals surface area contributed by atoms with Gasteiger partial charge >= 0.3 is 12.4 Å². The fourth-order valence-corrected chi connectivity index (χ4v) is 6.01. The largest absolute Gasteiger partial charge is 0.434 e. The SMILES string of the molecule is C[C@@H]1OCC2(CCN(c3nc(C(F)(F)F)c(Sc4cccnc4C(F)(F)F)c4nccn34)CC2)C1N. The van der Waals surface area contributed by atoms with E-state index in [2.05, 4.69) is 15.0 Å². The molecule has 2 fully saturated rings. The number of aromatic nitrogens is 4. The maximum atomic E-state index is 14.2. The summed E-state index contributed by atoms with van der Waals surface area (Å²) in [4.78, 5) is 12.1. The van der Waals surface area contributed by atoms with Crippen LogP contribution in [0.5, 0.6) is 0 Å². The third kappa shape index (κ3) is 4.28. The first-order chi connectivity index (χ1) is 16.9. The highest BCUT2D eigenvalue weighted by atomic mass is 32.2. The second-order valence-electron chi connectivity index (χ2n) is 9.05. The Bertz CT molecular complexity index is 1270. The summed E-state index contributed by atoms with van der Waals surface area (Å²) < 4.78 is 90.1. The van der Waals surface area contributed by atoms with Gasteiger partial charge in [-0.05, 0) is 31.9 Å². The van der Waals surface area contributed by atoms with E-state index in [1.807, 2.05) is 6.92 Å². The first-order valence-electron chi connectivity index (χ1n) is 11.2. The standard InChI is InChI=1S/C22H22F6N6OS/c1-12-15(29)20(11-35-12)4-8-33(9-5-20)19-32-17(22(26,27)28)14(18-31-7-10-34(18)19)36-13-3-2-6-30-16(13)21(23,24)25/h2-3,6-7,10,12,15H,4-5,8-9,11,29H2,1H3/t12-,15?/m0/s1. The number of imidazole rings is 1. The number of hydrogen-bond donors (Lipinski definition) is 1. The molecule has 3 aromatic rings. The van der Waals surface area contributed by atoms with Crippen molar-refractivity contribution in [3.8, 4) is 0 Å². The fourth-order valence-electron chi connectivity index (χ4n) is 4.87. The lowest BCUT2D eigenvalue weighted by atomic mass is 9.73. The van der Waals surface area contributed by atoms with E-state index in [0.29, 0.717) is 44.3 Å². The van der Waals surface area contributed by atoms with E-state index in [9.17, 15) is 26.3 Å². The molecule has 5 rings (SSSR count). The summed E-state index contributed by atoms with van der Waals surface area (Å²) in [7, 11) is 0. The summed E-state index contributed by atoms with van der Waals surface area (Å²) in [6, 6.07) is 2.14. The Morgan fingerprint density at radius 1 is 1.06 bits per heavy atom. The molecule has 2 saturated heterocycles. The Hall–Kier alpha value is -2.58. The van der Waals surface area contributed by atoms with E-state index in [4.69, 9.17) is 10.5 Å². The minimum atomic E-state index is -4.93. The van der Waals surface area contributed by atoms with Crippen molar-refractivity contribution in [2.75, 3.05) is 24.6 Å². The summed E-state index contributed by atoms with van der Waals surface area (Å²) in [5, 5.41) is 0. The molecule has 2 aliphatic heterocycles. The predicted molar refractivity (Wildman–Crippen MR) is 119 cm³/mol. The molecule has 0 aromatic carbocycles. The van der Waals surface area contributed by atoms with Crippen LogP contribution in [0.2, 0.25) is 0 Å². The Morgan fingerprint density at radius 3 is 2.36 bits per heavy atom. The van der Waals surface area contributed by atoms with Crippen molar-refractivity contribution < 1.29 is 31.1 Å². The van der Waals surface area contributed by atoms with Gasteiger partial charge in [0.2, 0.25) is 5.95 Å². The van der Waals surface area contributed by atoms with E-state index >= 15 is 0 Å². The highest BCUT2D eigenvalue weighted by Gasteiger charge is 2.48. The van der Waals surface area contributed by atoms with Crippen LogP contribution in [0.25, 0.3) is 5.65 Å². The maximum absolute atomic E-state index is 14.2. The second-order valence-corrected chi connectivity index (χ2v) is 10.1. The summed E-state index contributed by atoms with van der Waals surface area (Å²) in [6.07, 6.45) is -4.96. The third-order valence-corrected chi connectivity index (χ3v) is 8.02. The number of alkyl halides is 6. The summed E-state index contributed by atoms with van der Waals surface area (Å²) in [6.45, 7) is 3.19. The minimum Gasteiger partial charge on any atom is -0.376 e. The smallest absolute Gasteiger partial charge is 0.376 e. The molecule has 1 unspecified atom stereocenters. The van der Waals surface area contributed by atoms with Gasteiger partial charge < -0.3 is 15.4 Å². The minimum absolute atomic E-state index is 0.0248. The number of halogens is 6. The van der Waals surface area contributed by atoms with Crippen molar-refractivity contribution in [1.82, 2.24) is 19.4 Å². The van der Waals surface area contributed by atoms with Gasteiger partial charge in [-0.25, -0.2) is 9.97 Å². The normalized spacial score (nSPS) is 22.6. The topological polar surface area (TPSA) is 81.6 Å². The van der Waals surface area contributed by atoms with E-state index in [-0.39, 0.29) is 29.2 Å². The lowest BCUT2D eigenvalue weighted by Gasteiger charge is -2.41. The fraction of sp³-hybridized carbons (Fsp3) is 0.500. The zero-order chi connectivity index (χ0) is 25.9. The molecule has 5 heterocycles. The molecule has 0 aliphatic carbocycles. The van der Waals surface area contributed by atoms with Crippen LogP contribution in [-0.4, -0.2) is 51.2 Å². The molecule has 2 aliphatic rings. The first kappa shape index (κ1) is 25.1. The van der Waals surface area contributed by atoms with Gasteiger partial charge in [-0.2, -0.15) is 26.3 Å². The van der Waals surface area contributed by atoms with Gasteiger partial charge in [-0.15, -0.1) is 0 Å². The van der Waals surface area contributed by atoms with Gasteiger partial charge in [-0.1, -0.05) is 11.8 Å². The van der Waals surface area contributed by atoms with Gasteiger partial charge in [0.25, 0.3) is 0 Å². The summed E-state index contributed by atoms with van der Waals surface area (Å²) >= 11 is 0.300. The summed E-state index contributed by atoms with van der Waals surface area (Å²) in [5.74, 6) is 0.0248. The van der Waals surface area contributed by atoms with Gasteiger partial charge in [0.15, 0.2) is 17.0 Å². The average molecular weight is 533 g/mol. The Kier molecular flexibility index (Phi) is 6.11. The Balaban J connectivity index is 1.55. The monoisotopic (exact) mass is 532 g/mol. The Labute approximate surface area is 206 Å². The van der Waals surface area contributed by atoms with Crippen molar-refractivity contribution >= 4 is 23.4 Å². The van der Waals surface area contributed by atoms with Crippen LogP contribution in [0.1, 0.15) is 31.2 Å². The number of fused-ring (bicyclic) bond motifs is 1. The number of piperidine rings is 1. The van der Waals surface area contributed by atoms with Gasteiger partial charge in [0.05, 0.1) is 17.6 Å². The van der Waals surface area contributed by atoms with Crippen molar-refractivity contribution in [2.24, 2.45) is 11.1 Å². The number of nitrogens with zero attached hydrogens (tertiary/aromatic N) is 5. The molecule has 7 nitrogen and oxygen atoms in total. The van der Waals surface area contributed by atoms with Crippen LogP contribution in [0.3, 0.4) is 0 Å². The molecule has 36 heavy (non-hydrogen) atoms. The highest BCUT2D eigenvalue weighted by molar-refractivity contribution is 7.99. The third-order valence-electron chi connectivity index (χ3n) is 6.89. The molecule has 0 amide bonds. The number of pyridine rings is 1. The number of ether oxygens (including phenoxy) is 1. The van der Waals surface area contributed by atoms with E-state index in [1.54, 1.807) is 4.90 Å². The molecular weight excluding hydrogens is 510 g/mol. The molecule has 0 saturated carbocycles. The average Bonchev–Trinajstić information content (AvgIpc) is 3.41. The quantitative estimate of drug-likeness (QED) is 0.492. The van der Waals surface area contributed by atoms with Crippen molar-refractivity contribution in [3.63, 3.8) is 0 Å². The first-order valence-corrected chi connectivity index (χ1v) is 12.0. The van der Waals surface area contributed by atoms with Gasteiger partial charge in [0, 0.05) is 48.0 Å². The van der Waals surface area contributed by atoms with E-state index in [0.717, 1.165) is 12.3 Å². The highest BCUT2D eigenvalue weighted by Crippen LogP contribution is 2.46. The molecule has 194 valence electrons. The number of nitrogens with two attached hydrogens (primary N) is 1. The van der Waals surface area contributed by atoms with Crippen LogP contribution < -0.4 is 10.6 Å². The molecule has 14 heteroatoms. The molecular formula is C22H22F6N6OS. The van der Waals surface area contributed by atoms with Crippen molar-refractivity contribution in [2.45, 2.75) is 54.1 Å². The Morgan fingerprint density at radius 2 is 1.75 bits per heavy atom. The second kappa shape index (κ2) is 8.77. The van der Waals surface area contributed by atoms with Crippen LogP contribution >= 0.6 is 11.8 Å². The number of hydrogen-bond acceptors (Lipinski definition) is 7. The lowest BCUT2D eigenvalue weighted by Crippen LogP contribution is -2.51. The van der Waals surface area contributed by atoms with Crippen molar-refractivity contribution in [3.05, 3.63) is 42.1 Å².